The average molecular weight is 275 g/mol. The average Bonchev–Trinajstić information content (AvgIpc) is 2.85. The highest BCUT2D eigenvalue weighted by Crippen LogP contribution is 2.25. The summed E-state index contributed by atoms with van der Waals surface area (Å²) in [5.41, 5.74) is 0.849. The number of benzene rings is 1. The van der Waals surface area contributed by atoms with E-state index in [1.165, 1.54) is 12.1 Å². The minimum absolute atomic E-state index is 0.0761. The Bertz CT molecular complexity index is 679. The molecule has 1 aromatic carbocycles. The van der Waals surface area contributed by atoms with Gasteiger partial charge in [0.05, 0.1) is 6.61 Å². The van der Waals surface area contributed by atoms with Crippen molar-refractivity contribution in [3.63, 3.8) is 0 Å². The van der Waals surface area contributed by atoms with Crippen molar-refractivity contribution in [2.24, 2.45) is 0 Å². The number of nitrogens with zero attached hydrogens (tertiary/aromatic N) is 1. The third-order valence-electron chi connectivity index (χ3n) is 3.90. The van der Waals surface area contributed by atoms with Gasteiger partial charge in [-0.3, -0.25) is 4.90 Å². The molecule has 2 aromatic rings. The second-order valence-corrected chi connectivity index (χ2v) is 5.22. The van der Waals surface area contributed by atoms with Crippen LogP contribution in [0, 0.1) is 0 Å². The Morgan fingerprint density at radius 1 is 1.35 bits per heavy atom. The molecule has 0 radical (unpaired) electrons. The summed E-state index contributed by atoms with van der Waals surface area (Å²) in [6, 6.07) is 6.45. The summed E-state index contributed by atoms with van der Waals surface area (Å²) in [4.78, 5) is 13.8. The zero-order chi connectivity index (χ0) is 14.1. The maximum absolute atomic E-state index is 11.6. The van der Waals surface area contributed by atoms with Gasteiger partial charge in [-0.25, -0.2) is 4.79 Å². The minimum Gasteiger partial charge on any atom is -0.508 e. The quantitative estimate of drug-likeness (QED) is 0.829. The van der Waals surface area contributed by atoms with Gasteiger partial charge < -0.3 is 14.6 Å². The Morgan fingerprint density at radius 3 is 3.00 bits per heavy atom. The van der Waals surface area contributed by atoms with Crippen molar-refractivity contribution in [2.75, 3.05) is 13.2 Å². The molecule has 1 aliphatic heterocycles. The van der Waals surface area contributed by atoms with Gasteiger partial charge >= 0.3 is 5.63 Å². The molecule has 1 fully saturated rings. The lowest BCUT2D eigenvalue weighted by Gasteiger charge is -2.23. The highest BCUT2D eigenvalue weighted by Gasteiger charge is 2.24. The zero-order valence-corrected chi connectivity index (χ0v) is 11.1. The van der Waals surface area contributed by atoms with E-state index in [0.29, 0.717) is 12.1 Å². The summed E-state index contributed by atoms with van der Waals surface area (Å²) in [6.07, 6.45) is 2.04. The maximum Gasteiger partial charge on any atom is 0.336 e. The number of phenols is 1. The smallest absolute Gasteiger partial charge is 0.336 e. The fourth-order valence-corrected chi connectivity index (χ4v) is 2.88. The SMILES string of the molecule is O=c1cc(CN2CCCC2CO)c2ccc(O)cc2o1. The number of hydrogen-bond donors (Lipinski definition) is 2. The lowest BCUT2D eigenvalue weighted by Crippen LogP contribution is -2.31. The maximum atomic E-state index is 11.6. The topological polar surface area (TPSA) is 73.9 Å². The van der Waals surface area contributed by atoms with Gasteiger partial charge in [0.2, 0.25) is 0 Å². The van der Waals surface area contributed by atoms with Gasteiger partial charge in [-0.1, -0.05) is 0 Å². The van der Waals surface area contributed by atoms with Crippen LogP contribution >= 0.6 is 0 Å². The van der Waals surface area contributed by atoms with Gasteiger partial charge in [0.15, 0.2) is 0 Å². The Kier molecular flexibility index (Phi) is 3.46. The number of likely N-dealkylation sites (tertiary alicyclic amines) is 1. The predicted octanol–water partition coefficient (Wildman–Crippen LogP) is 1.46. The van der Waals surface area contributed by atoms with Crippen LogP contribution in [-0.4, -0.2) is 34.3 Å². The van der Waals surface area contributed by atoms with Crippen LogP contribution < -0.4 is 5.63 Å². The van der Waals surface area contributed by atoms with Crippen molar-refractivity contribution < 1.29 is 14.6 Å². The number of hydrogen-bond acceptors (Lipinski definition) is 5. The first-order valence-electron chi connectivity index (χ1n) is 6.78. The van der Waals surface area contributed by atoms with Crippen LogP contribution in [0.3, 0.4) is 0 Å². The number of fused-ring (bicyclic) bond motifs is 1. The van der Waals surface area contributed by atoms with Gasteiger partial charge in [-0.15, -0.1) is 0 Å². The number of rotatable bonds is 3. The summed E-state index contributed by atoms with van der Waals surface area (Å²) in [6.45, 7) is 1.67. The molecule has 0 bridgehead atoms. The predicted molar refractivity (Wildman–Crippen MR) is 74.7 cm³/mol. The summed E-state index contributed by atoms with van der Waals surface area (Å²) >= 11 is 0. The molecule has 106 valence electrons. The molecule has 1 aliphatic rings. The Labute approximate surface area is 116 Å². The van der Waals surface area contributed by atoms with Gasteiger partial charge in [0, 0.05) is 30.1 Å². The largest absolute Gasteiger partial charge is 0.508 e. The molecular formula is C15H17NO4. The minimum atomic E-state index is -0.419. The highest BCUT2D eigenvalue weighted by atomic mass is 16.4. The van der Waals surface area contributed by atoms with Crippen molar-refractivity contribution >= 4 is 11.0 Å². The fraction of sp³-hybridized carbons (Fsp3) is 0.400. The number of aliphatic hydroxyl groups excluding tert-OH is 1. The van der Waals surface area contributed by atoms with E-state index in [1.54, 1.807) is 12.1 Å². The van der Waals surface area contributed by atoms with Gasteiger partial charge in [0.1, 0.15) is 11.3 Å². The number of aromatic hydroxyl groups is 1. The van der Waals surface area contributed by atoms with Crippen molar-refractivity contribution in [2.45, 2.75) is 25.4 Å². The van der Waals surface area contributed by atoms with Crippen molar-refractivity contribution in [3.8, 4) is 5.75 Å². The standard InChI is InChI=1S/C15H17NO4/c17-9-11-2-1-5-16(11)8-10-6-15(19)20-14-7-12(18)3-4-13(10)14/h3-4,6-7,11,17-18H,1-2,5,8-9H2. The third kappa shape index (κ3) is 2.42. The van der Waals surface area contributed by atoms with Crippen LogP contribution in [0.15, 0.2) is 33.5 Å². The Hall–Kier alpha value is -1.85. The molecule has 1 atom stereocenters. The summed E-state index contributed by atoms with van der Waals surface area (Å²) in [7, 11) is 0. The molecule has 0 aliphatic carbocycles. The molecule has 20 heavy (non-hydrogen) atoms. The molecule has 2 heterocycles. The van der Waals surface area contributed by atoms with E-state index in [1.807, 2.05) is 0 Å². The molecule has 0 saturated carbocycles. The molecule has 1 saturated heterocycles. The monoisotopic (exact) mass is 275 g/mol. The summed E-state index contributed by atoms with van der Waals surface area (Å²) < 4.78 is 5.12. The Balaban J connectivity index is 2.00. The fourth-order valence-electron chi connectivity index (χ4n) is 2.88. The highest BCUT2D eigenvalue weighted by molar-refractivity contribution is 5.81. The van der Waals surface area contributed by atoms with E-state index in [0.717, 1.165) is 30.3 Å². The van der Waals surface area contributed by atoms with Crippen LogP contribution in [0.1, 0.15) is 18.4 Å². The van der Waals surface area contributed by atoms with Crippen LogP contribution in [0.5, 0.6) is 5.75 Å². The molecule has 5 heteroatoms. The van der Waals surface area contributed by atoms with Crippen molar-refractivity contribution in [3.05, 3.63) is 40.2 Å². The molecular weight excluding hydrogens is 258 g/mol. The second-order valence-electron chi connectivity index (χ2n) is 5.22. The molecule has 0 spiro atoms. The van der Waals surface area contributed by atoms with Gasteiger partial charge in [-0.05, 0) is 37.1 Å². The lowest BCUT2D eigenvalue weighted by molar-refractivity contribution is 0.154. The lowest BCUT2D eigenvalue weighted by atomic mass is 10.1. The summed E-state index contributed by atoms with van der Waals surface area (Å²) in [5.74, 6) is 0.0761. The zero-order valence-electron chi connectivity index (χ0n) is 11.1. The molecule has 5 nitrogen and oxygen atoms in total. The van der Waals surface area contributed by atoms with Gasteiger partial charge in [0.25, 0.3) is 0 Å². The van der Waals surface area contributed by atoms with E-state index < -0.39 is 5.63 Å². The molecule has 1 aromatic heterocycles. The molecule has 2 N–H and O–H groups in total. The van der Waals surface area contributed by atoms with E-state index >= 15 is 0 Å². The second kappa shape index (κ2) is 5.26. The first kappa shape index (κ1) is 13.1. The molecule has 0 amide bonds. The van der Waals surface area contributed by atoms with Crippen LogP contribution in [0.25, 0.3) is 11.0 Å². The van der Waals surface area contributed by atoms with E-state index in [4.69, 9.17) is 4.42 Å². The number of aliphatic hydroxyl groups is 1. The van der Waals surface area contributed by atoms with Crippen LogP contribution in [0.4, 0.5) is 0 Å². The first-order chi connectivity index (χ1) is 9.67. The molecule has 3 rings (SSSR count). The third-order valence-corrected chi connectivity index (χ3v) is 3.90. The van der Waals surface area contributed by atoms with Crippen molar-refractivity contribution in [1.82, 2.24) is 4.90 Å². The van der Waals surface area contributed by atoms with E-state index in [2.05, 4.69) is 4.90 Å². The normalized spacial score (nSPS) is 19.8. The van der Waals surface area contributed by atoms with Crippen LogP contribution in [0.2, 0.25) is 0 Å². The van der Waals surface area contributed by atoms with Crippen molar-refractivity contribution in [1.29, 1.82) is 0 Å². The first-order valence-corrected chi connectivity index (χ1v) is 6.78. The van der Waals surface area contributed by atoms with E-state index in [-0.39, 0.29) is 18.4 Å². The molecule has 1 unspecified atom stereocenters. The summed E-state index contributed by atoms with van der Waals surface area (Å²) in [5, 5.41) is 19.7. The number of phenolic OH excluding ortho intramolecular Hbond substituents is 1. The van der Waals surface area contributed by atoms with Gasteiger partial charge in [-0.2, -0.15) is 0 Å². The Morgan fingerprint density at radius 2 is 2.20 bits per heavy atom. The van der Waals surface area contributed by atoms with E-state index in [9.17, 15) is 15.0 Å². The van der Waals surface area contributed by atoms with Crippen LogP contribution in [-0.2, 0) is 6.54 Å².